The lowest BCUT2D eigenvalue weighted by atomic mass is 10.2. The predicted octanol–water partition coefficient (Wildman–Crippen LogP) is 3.98. The zero-order valence-corrected chi connectivity index (χ0v) is 20.4. The summed E-state index contributed by atoms with van der Waals surface area (Å²) in [6.45, 7) is 17.6. The quantitative estimate of drug-likeness (QED) is 0.560. The first kappa shape index (κ1) is 22.0. The first-order valence-electron chi connectivity index (χ1n) is 8.37. The predicted molar refractivity (Wildman–Crippen MR) is 104 cm³/mol. The normalized spacial score (nSPS) is 26.0. The first-order valence-corrected chi connectivity index (χ1v) is 19.1. The van der Waals surface area contributed by atoms with Crippen molar-refractivity contribution < 1.29 is 26.4 Å². The molecule has 0 atom stereocenters. The van der Waals surface area contributed by atoms with E-state index in [0.29, 0.717) is 12.0 Å². The van der Waals surface area contributed by atoms with Gasteiger partial charge in [-0.3, -0.25) is 0 Å². The molecule has 0 bridgehead atoms. The highest BCUT2D eigenvalue weighted by Gasteiger charge is 2.54. The Bertz CT molecular complexity index is 507. The van der Waals surface area contributed by atoms with Crippen molar-refractivity contribution in [2.75, 3.05) is 0 Å². The van der Waals surface area contributed by atoms with Gasteiger partial charge in [-0.25, -0.2) is 4.79 Å². The Morgan fingerprint density at radius 1 is 0.833 bits per heavy atom. The van der Waals surface area contributed by atoms with Gasteiger partial charge in [0.25, 0.3) is 0 Å². The molecular weight excluding hydrogens is 376 g/mol. The van der Waals surface area contributed by atoms with E-state index in [4.69, 9.17) is 16.5 Å². The summed E-state index contributed by atoms with van der Waals surface area (Å²) in [4.78, 5) is 11.6. The van der Waals surface area contributed by atoms with Gasteiger partial charge in [0.15, 0.2) is 0 Å². The molecule has 1 heterocycles. The van der Waals surface area contributed by atoms with Gasteiger partial charge in [-0.2, -0.15) is 0 Å². The van der Waals surface area contributed by atoms with E-state index < -0.39 is 40.2 Å². The zero-order chi connectivity index (χ0) is 19.0. The molecule has 1 fully saturated rings. The molecule has 0 unspecified atom stereocenters. The molecular formula is C14H32O6Si4. The van der Waals surface area contributed by atoms with Gasteiger partial charge in [0.2, 0.25) is 0 Å². The van der Waals surface area contributed by atoms with Crippen LogP contribution in [0.15, 0.2) is 10.8 Å². The Morgan fingerprint density at radius 2 is 1.21 bits per heavy atom. The Kier molecular flexibility index (Phi) is 6.65. The van der Waals surface area contributed by atoms with Gasteiger partial charge in [-0.1, -0.05) is 13.3 Å². The van der Waals surface area contributed by atoms with Crippen molar-refractivity contribution in [2.24, 2.45) is 0 Å². The number of aliphatic carboxylic acids is 1. The van der Waals surface area contributed by atoms with Crippen molar-refractivity contribution in [1.29, 1.82) is 0 Å². The molecule has 1 rings (SSSR count). The van der Waals surface area contributed by atoms with Crippen LogP contribution in [0, 0.1) is 0 Å². The molecule has 1 saturated heterocycles. The van der Waals surface area contributed by atoms with Gasteiger partial charge < -0.3 is 21.6 Å². The fourth-order valence-corrected chi connectivity index (χ4v) is 25.1. The van der Waals surface area contributed by atoms with Gasteiger partial charge in [-0.15, -0.1) is 0 Å². The summed E-state index contributed by atoms with van der Waals surface area (Å²) < 4.78 is 25.7. The van der Waals surface area contributed by atoms with Crippen molar-refractivity contribution in [1.82, 2.24) is 0 Å². The van der Waals surface area contributed by atoms with E-state index in [1.54, 1.807) is 6.92 Å². The minimum atomic E-state index is -2.93. The molecule has 0 spiro atoms. The van der Waals surface area contributed by atoms with Crippen LogP contribution < -0.4 is 0 Å². The highest BCUT2D eigenvalue weighted by Crippen LogP contribution is 2.36. The highest BCUT2D eigenvalue weighted by molar-refractivity contribution is 6.95. The third-order valence-electron chi connectivity index (χ3n) is 3.69. The smallest absolute Gasteiger partial charge is 0.348 e. The van der Waals surface area contributed by atoms with E-state index in [-0.39, 0.29) is 0 Å². The number of hydrogen-bond donors (Lipinski definition) is 1. The van der Waals surface area contributed by atoms with E-state index in [2.05, 4.69) is 0 Å². The summed E-state index contributed by atoms with van der Waals surface area (Å²) in [5.74, 6) is -0.920. The van der Waals surface area contributed by atoms with Crippen LogP contribution in [-0.2, 0) is 21.3 Å². The minimum absolute atomic E-state index is 0.331. The van der Waals surface area contributed by atoms with E-state index in [1.165, 1.54) is 0 Å². The van der Waals surface area contributed by atoms with Crippen LogP contribution in [0.25, 0.3) is 0 Å². The summed E-state index contributed by atoms with van der Waals surface area (Å²) in [6, 6.07) is 0. The van der Waals surface area contributed by atoms with Gasteiger partial charge in [-0.05, 0) is 64.4 Å². The number of carboxylic acids is 1. The summed E-state index contributed by atoms with van der Waals surface area (Å²) in [5.41, 5.74) is 0.331. The molecule has 24 heavy (non-hydrogen) atoms. The molecule has 10 heteroatoms. The zero-order valence-electron chi connectivity index (χ0n) is 16.4. The maximum absolute atomic E-state index is 11.6. The molecule has 6 nitrogen and oxygen atoms in total. The third-order valence-corrected chi connectivity index (χ3v) is 20.3. The summed E-state index contributed by atoms with van der Waals surface area (Å²) in [6.07, 6.45) is 1.48. The van der Waals surface area contributed by atoms with Crippen LogP contribution in [0.4, 0.5) is 0 Å². The second kappa shape index (κ2) is 7.27. The lowest BCUT2D eigenvalue weighted by Gasteiger charge is -2.48. The second-order valence-electron chi connectivity index (χ2n) is 7.71. The largest absolute Gasteiger partial charge is 0.478 e. The lowest BCUT2D eigenvalue weighted by Crippen LogP contribution is -2.65. The van der Waals surface area contributed by atoms with Crippen molar-refractivity contribution in [3.05, 3.63) is 10.8 Å². The molecule has 140 valence electrons. The molecule has 1 N–H and O–H groups in total. The summed E-state index contributed by atoms with van der Waals surface area (Å²) in [7, 11) is -10.3. The van der Waals surface area contributed by atoms with Crippen LogP contribution in [0.3, 0.4) is 0 Å². The van der Waals surface area contributed by atoms with Gasteiger partial charge in [0.05, 0.1) is 0 Å². The van der Waals surface area contributed by atoms with Crippen molar-refractivity contribution in [3.8, 4) is 0 Å². The highest BCUT2D eigenvalue weighted by atomic mass is 28.5. The molecule has 0 amide bonds. The number of hydrogen-bond acceptors (Lipinski definition) is 5. The van der Waals surface area contributed by atoms with Crippen LogP contribution >= 0.6 is 0 Å². The van der Waals surface area contributed by atoms with E-state index in [0.717, 1.165) is 11.6 Å². The molecule has 0 aromatic rings. The Hall–Kier alpha value is -0.0825. The molecule has 1 aliphatic heterocycles. The van der Waals surface area contributed by atoms with Crippen LogP contribution in [0.2, 0.25) is 45.8 Å². The summed E-state index contributed by atoms with van der Waals surface area (Å²) >= 11 is 0. The van der Waals surface area contributed by atoms with Crippen LogP contribution in [0.5, 0.6) is 0 Å². The lowest BCUT2D eigenvalue weighted by molar-refractivity contribution is -0.132. The standard InChI is InChI=1S/C14H32O6Si4/c1-10-11-13(12(2)14(15)16)24(9)19-22(5,6)17-21(3,4)18-23(7,8)20-24/h10-11H2,1-9H3,(H,15,16)/b13-12+. The Balaban J connectivity index is 3.45. The SMILES string of the molecule is CCC/C(=C(/C)C(=O)O)[Si]1(C)O[Si](C)(C)O[Si](C)(C)O[Si](C)(C)O1. The van der Waals surface area contributed by atoms with Crippen LogP contribution in [0.1, 0.15) is 26.7 Å². The molecule has 0 radical (unpaired) electrons. The third kappa shape index (κ3) is 5.73. The average Bonchev–Trinajstić information content (AvgIpc) is 2.28. The maximum Gasteiger partial charge on any atom is 0.348 e. The monoisotopic (exact) mass is 408 g/mol. The van der Waals surface area contributed by atoms with Crippen molar-refractivity contribution in [2.45, 2.75) is 72.5 Å². The number of rotatable bonds is 4. The topological polar surface area (TPSA) is 74.2 Å². The molecule has 0 aliphatic carbocycles. The Labute approximate surface area is 150 Å². The maximum atomic E-state index is 11.6. The fourth-order valence-electron chi connectivity index (χ4n) is 3.46. The van der Waals surface area contributed by atoms with Gasteiger partial charge in [0, 0.05) is 5.57 Å². The number of allylic oxidation sites excluding steroid dienone is 1. The van der Waals surface area contributed by atoms with E-state index in [9.17, 15) is 9.90 Å². The number of carboxylic acid groups (broad SMARTS) is 1. The van der Waals surface area contributed by atoms with Crippen LogP contribution in [-0.4, -0.2) is 45.3 Å². The second-order valence-corrected chi connectivity index (χ2v) is 21.9. The van der Waals surface area contributed by atoms with Gasteiger partial charge in [0.1, 0.15) is 0 Å². The fraction of sp³-hybridized carbons (Fsp3) is 0.786. The van der Waals surface area contributed by atoms with E-state index >= 15 is 0 Å². The number of carbonyl (C=O) groups is 1. The first-order chi connectivity index (χ1) is 10.6. The molecule has 0 aromatic heterocycles. The van der Waals surface area contributed by atoms with Gasteiger partial charge >= 0.3 is 40.2 Å². The molecule has 1 aliphatic rings. The van der Waals surface area contributed by atoms with E-state index in [1.807, 2.05) is 52.8 Å². The summed E-state index contributed by atoms with van der Waals surface area (Å²) in [5, 5.41) is 10.3. The van der Waals surface area contributed by atoms with Crippen molar-refractivity contribution in [3.63, 3.8) is 0 Å². The molecule has 0 aromatic carbocycles. The van der Waals surface area contributed by atoms with Crippen molar-refractivity contribution >= 4 is 40.2 Å². The molecule has 0 saturated carbocycles. The minimum Gasteiger partial charge on any atom is -0.478 e. The Morgan fingerprint density at radius 3 is 1.54 bits per heavy atom. The average molecular weight is 409 g/mol.